The van der Waals surface area contributed by atoms with Gasteiger partial charge in [0, 0.05) is 32.8 Å². The Morgan fingerprint density at radius 1 is 0.400 bits per heavy atom. The van der Waals surface area contributed by atoms with Crippen LogP contribution >= 0.6 is 0 Å². The Labute approximate surface area is 287 Å². The van der Waals surface area contributed by atoms with Crippen LogP contribution in [0.15, 0.2) is 152 Å². The molecule has 0 N–H and O–H groups in total. The van der Waals surface area contributed by atoms with E-state index in [2.05, 4.69) is 106 Å². The Balaban J connectivity index is 1.30. The van der Waals surface area contributed by atoms with Gasteiger partial charge in [-0.15, -0.1) is 0 Å². The highest BCUT2D eigenvalue weighted by molar-refractivity contribution is 6.12. The zero-order valence-corrected chi connectivity index (χ0v) is 26.7. The Morgan fingerprint density at radius 2 is 1.04 bits per heavy atom. The summed E-state index contributed by atoms with van der Waals surface area (Å²) in [6, 6.07) is 57.9. The van der Waals surface area contributed by atoms with Crippen molar-refractivity contribution in [2.24, 2.45) is 0 Å². The van der Waals surface area contributed by atoms with Crippen molar-refractivity contribution in [3.63, 3.8) is 0 Å². The summed E-state index contributed by atoms with van der Waals surface area (Å²) in [5, 5.41) is 34.1. The minimum absolute atomic E-state index is 0.557. The second kappa shape index (κ2) is 11.4. The van der Waals surface area contributed by atoms with E-state index in [1.807, 2.05) is 72.8 Å². The number of benzene rings is 7. The van der Waals surface area contributed by atoms with Crippen LogP contribution in [0.4, 0.5) is 0 Å². The van der Waals surface area contributed by atoms with Crippen LogP contribution in [0.25, 0.3) is 77.2 Å². The van der Waals surface area contributed by atoms with Crippen LogP contribution in [0.3, 0.4) is 0 Å². The molecular weight excluding hydrogens is 611 g/mol. The monoisotopic (exact) mass is 635 g/mol. The van der Waals surface area contributed by atoms with Gasteiger partial charge in [-0.3, -0.25) is 0 Å². The lowest BCUT2D eigenvalue weighted by atomic mass is 9.91. The number of hydrogen-bond donors (Lipinski definition) is 0. The summed E-state index contributed by atoms with van der Waals surface area (Å²) < 4.78 is 4.43. The van der Waals surface area contributed by atoms with Crippen molar-refractivity contribution in [1.29, 1.82) is 15.8 Å². The number of fused-ring (bicyclic) bond motifs is 6. The molecule has 0 aliphatic rings. The molecule has 5 nitrogen and oxygen atoms in total. The normalized spacial score (nSPS) is 11.1. The zero-order valence-electron chi connectivity index (χ0n) is 26.7. The molecule has 0 fully saturated rings. The van der Waals surface area contributed by atoms with E-state index >= 15 is 0 Å². The molecule has 0 atom stereocenters. The van der Waals surface area contributed by atoms with E-state index < -0.39 is 0 Å². The molecule has 7 aromatic carbocycles. The highest BCUT2D eigenvalue weighted by Crippen LogP contribution is 2.41. The molecule has 0 aliphatic carbocycles. The van der Waals surface area contributed by atoms with E-state index in [0.29, 0.717) is 16.7 Å². The Kier molecular flexibility index (Phi) is 6.56. The summed E-state index contributed by atoms with van der Waals surface area (Å²) in [6.07, 6.45) is 0. The lowest BCUT2D eigenvalue weighted by Gasteiger charge is -2.18. The Hall–Kier alpha value is -7.39. The fourth-order valence-corrected chi connectivity index (χ4v) is 7.48. The molecule has 230 valence electrons. The fourth-order valence-electron chi connectivity index (χ4n) is 7.48. The second-order valence-electron chi connectivity index (χ2n) is 12.3. The van der Waals surface area contributed by atoms with Crippen LogP contribution in [0.1, 0.15) is 16.7 Å². The van der Waals surface area contributed by atoms with E-state index in [4.69, 9.17) is 0 Å². The molecule has 0 spiro atoms. The smallest absolute Gasteiger partial charge is 0.101 e. The number of rotatable bonds is 4. The summed E-state index contributed by atoms with van der Waals surface area (Å²) in [6.45, 7) is 0. The largest absolute Gasteiger partial charge is 0.309 e. The molecule has 50 heavy (non-hydrogen) atoms. The van der Waals surface area contributed by atoms with Gasteiger partial charge in [-0.2, -0.15) is 15.8 Å². The molecule has 9 aromatic rings. The average molecular weight is 636 g/mol. The van der Waals surface area contributed by atoms with Gasteiger partial charge < -0.3 is 9.13 Å². The first-order valence-electron chi connectivity index (χ1n) is 16.3. The van der Waals surface area contributed by atoms with E-state index in [1.54, 1.807) is 0 Å². The maximum Gasteiger partial charge on any atom is 0.101 e. The van der Waals surface area contributed by atoms with Crippen LogP contribution in [0, 0.1) is 34.0 Å². The highest BCUT2D eigenvalue weighted by Gasteiger charge is 2.20. The molecule has 0 saturated heterocycles. The maximum atomic E-state index is 10.2. The second-order valence-corrected chi connectivity index (χ2v) is 12.3. The van der Waals surface area contributed by atoms with Crippen molar-refractivity contribution in [2.75, 3.05) is 0 Å². The molecule has 0 saturated carbocycles. The topological polar surface area (TPSA) is 81.2 Å². The molecular formula is C45H25N5. The number of nitriles is 3. The lowest BCUT2D eigenvalue weighted by molar-refractivity contribution is 1.17. The highest BCUT2D eigenvalue weighted by atomic mass is 15.0. The fraction of sp³-hybridized carbons (Fsp3) is 0. The van der Waals surface area contributed by atoms with Gasteiger partial charge in [0.15, 0.2) is 0 Å². The molecule has 0 unspecified atom stereocenters. The first kappa shape index (κ1) is 28.8. The van der Waals surface area contributed by atoms with E-state index in [1.165, 1.54) is 10.8 Å². The van der Waals surface area contributed by atoms with Crippen LogP contribution in [0.2, 0.25) is 0 Å². The number of aromatic nitrogens is 2. The average Bonchev–Trinajstić information content (AvgIpc) is 3.70. The maximum absolute atomic E-state index is 10.2. The molecule has 5 heteroatoms. The number of hydrogen-bond acceptors (Lipinski definition) is 3. The van der Waals surface area contributed by atoms with E-state index in [-0.39, 0.29) is 0 Å². The van der Waals surface area contributed by atoms with Crippen molar-refractivity contribution in [3.05, 3.63) is 168 Å². The van der Waals surface area contributed by atoms with Gasteiger partial charge in [-0.25, -0.2) is 0 Å². The van der Waals surface area contributed by atoms with Crippen LogP contribution < -0.4 is 0 Å². The third-order valence-corrected chi connectivity index (χ3v) is 9.62. The Morgan fingerprint density at radius 3 is 1.80 bits per heavy atom. The SMILES string of the molecule is N#Cc1ccc(-c2cccc(-n3c4ccc(C#N)cc4c4cccc(C#N)c43)c2)c(-c2ccccc2-n2c3ccccc3c3ccccc32)c1. The van der Waals surface area contributed by atoms with Gasteiger partial charge in [0.1, 0.15) is 6.07 Å². The zero-order chi connectivity index (χ0) is 33.8. The standard InChI is InChI=1S/C45H25N5/c46-26-29-19-21-34(39(23-29)37-14-3-6-18-43(37)50-41-16-4-1-12-35(41)36-13-2-5-17-42(36)50)31-9-7-11-33(25-31)49-44-22-20-30(27-47)24-40(44)38-15-8-10-32(28-48)45(38)49/h1-25H. The molecule has 2 heterocycles. The van der Waals surface area contributed by atoms with E-state index in [0.717, 1.165) is 66.5 Å². The minimum atomic E-state index is 0.557. The molecule has 2 aromatic heterocycles. The molecule has 0 aliphatic heterocycles. The summed E-state index contributed by atoms with van der Waals surface area (Å²) >= 11 is 0. The van der Waals surface area contributed by atoms with Crippen molar-refractivity contribution in [2.45, 2.75) is 0 Å². The van der Waals surface area contributed by atoms with Crippen molar-refractivity contribution >= 4 is 43.6 Å². The Bertz CT molecular complexity index is 2920. The summed E-state index contributed by atoms with van der Waals surface area (Å²) in [7, 11) is 0. The predicted molar refractivity (Wildman–Crippen MR) is 200 cm³/mol. The van der Waals surface area contributed by atoms with Gasteiger partial charge in [-0.05, 0) is 83.4 Å². The van der Waals surface area contributed by atoms with Crippen molar-refractivity contribution in [1.82, 2.24) is 9.13 Å². The number of para-hydroxylation sites is 4. The first-order chi connectivity index (χ1) is 24.7. The van der Waals surface area contributed by atoms with Gasteiger partial charge in [-0.1, -0.05) is 84.9 Å². The van der Waals surface area contributed by atoms with Gasteiger partial charge in [0.05, 0.1) is 56.6 Å². The molecule has 9 rings (SSSR count). The summed E-state index contributed by atoms with van der Waals surface area (Å²) in [5.41, 5.74) is 11.4. The predicted octanol–water partition coefficient (Wildman–Crippen LogP) is 10.8. The third-order valence-electron chi connectivity index (χ3n) is 9.62. The van der Waals surface area contributed by atoms with Crippen LogP contribution in [0.5, 0.6) is 0 Å². The van der Waals surface area contributed by atoms with Crippen LogP contribution in [-0.4, -0.2) is 9.13 Å². The molecule has 0 amide bonds. The van der Waals surface area contributed by atoms with Crippen LogP contribution in [-0.2, 0) is 0 Å². The van der Waals surface area contributed by atoms with Gasteiger partial charge >= 0.3 is 0 Å². The van der Waals surface area contributed by atoms with Gasteiger partial charge in [0.2, 0.25) is 0 Å². The van der Waals surface area contributed by atoms with E-state index in [9.17, 15) is 15.8 Å². The van der Waals surface area contributed by atoms with Crippen molar-refractivity contribution < 1.29 is 0 Å². The molecule has 0 radical (unpaired) electrons. The molecule has 0 bridgehead atoms. The minimum Gasteiger partial charge on any atom is -0.309 e. The lowest BCUT2D eigenvalue weighted by Crippen LogP contribution is -1.99. The first-order valence-corrected chi connectivity index (χ1v) is 16.3. The van der Waals surface area contributed by atoms with Gasteiger partial charge in [0.25, 0.3) is 0 Å². The summed E-state index contributed by atoms with van der Waals surface area (Å²) in [4.78, 5) is 0. The van der Waals surface area contributed by atoms with Crippen molar-refractivity contribution in [3.8, 4) is 51.8 Å². The third kappa shape index (κ3) is 4.31. The number of nitrogens with zero attached hydrogens (tertiary/aromatic N) is 5. The summed E-state index contributed by atoms with van der Waals surface area (Å²) in [5.74, 6) is 0. The quantitative estimate of drug-likeness (QED) is 0.193.